The number of anilines is 2. The molecule has 2 aromatic heterocycles. The molecule has 0 saturated carbocycles. The van der Waals surface area contributed by atoms with E-state index in [0.29, 0.717) is 22.5 Å². The molecule has 0 fully saturated rings. The van der Waals surface area contributed by atoms with Gasteiger partial charge in [0.25, 0.3) is 0 Å². The van der Waals surface area contributed by atoms with Crippen LogP contribution in [0.25, 0.3) is 50.0 Å². The van der Waals surface area contributed by atoms with Gasteiger partial charge < -0.3 is 19.3 Å². The molecule has 0 radical (unpaired) electrons. The molecule has 0 spiro atoms. The van der Waals surface area contributed by atoms with E-state index in [1.165, 1.54) is 24.3 Å². The SMILES string of the molecule is [2H]C([2H])([2H])C([2H])(c1cccc(C([2H])(C([2H])([2H])[2H])C([2H])([2H])[2H])c1-n1c(-c2ccccc2O)nc2c(N3C=CN(c4[c-]ccc5c4oc4ccccc45)[CH-]3)cccc21)C([2H])([2H])[2H].[Pt+2]. The van der Waals surface area contributed by atoms with E-state index in [4.69, 9.17) is 25.9 Å². The zero-order valence-corrected chi connectivity index (χ0v) is 26.7. The van der Waals surface area contributed by atoms with Crippen molar-refractivity contribution in [3.05, 3.63) is 133 Å². The number of aromatic nitrogens is 2. The maximum absolute atomic E-state index is 11.3. The van der Waals surface area contributed by atoms with Gasteiger partial charge in [0.05, 0.1) is 16.8 Å². The first kappa shape index (κ1) is 18.5. The van der Waals surface area contributed by atoms with Crippen molar-refractivity contribution in [1.29, 1.82) is 0 Å². The molecular formula is C40H34N4O2Pt. The van der Waals surface area contributed by atoms with E-state index >= 15 is 0 Å². The van der Waals surface area contributed by atoms with Crippen LogP contribution in [0.2, 0.25) is 0 Å². The average molecular weight is 812 g/mol. The van der Waals surface area contributed by atoms with Crippen LogP contribution in [0.15, 0.2) is 114 Å². The second-order valence-corrected chi connectivity index (χ2v) is 10.8. The summed E-state index contributed by atoms with van der Waals surface area (Å²) in [6, 6.07) is 28.2. The summed E-state index contributed by atoms with van der Waals surface area (Å²) in [5.41, 5.74) is 0.0754. The average Bonchev–Trinajstić information content (AvgIpc) is 3.91. The summed E-state index contributed by atoms with van der Waals surface area (Å²) >= 11 is 0. The minimum atomic E-state index is -3.63. The molecule has 7 heteroatoms. The van der Waals surface area contributed by atoms with Crippen molar-refractivity contribution in [2.45, 2.75) is 39.2 Å². The number of nitrogens with zero attached hydrogens (tertiary/aromatic N) is 4. The first-order valence-corrected chi connectivity index (χ1v) is 14.4. The van der Waals surface area contributed by atoms with Crippen LogP contribution in [0.1, 0.15) is 69.5 Å². The van der Waals surface area contributed by atoms with Gasteiger partial charge in [-0.05, 0) is 65.6 Å². The Hall–Kier alpha value is -4.80. The van der Waals surface area contributed by atoms with E-state index in [2.05, 4.69) is 6.07 Å². The quantitative estimate of drug-likeness (QED) is 0.170. The number of benzene rings is 5. The molecule has 0 unspecified atom stereocenters. The Morgan fingerprint density at radius 1 is 0.830 bits per heavy atom. The van der Waals surface area contributed by atoms with Gasteiger partial charge in [-0.2, -0.15) is 18.2 Å². The van der Waals surface area contributed by atoms with Crippen LogP contribution >= 0.6 is 0 Å². The molecular weight excluding hydrogens is 764 g/mol. The standard InChI is InChI=1S/C40H34N4O2.Pt/c1-25(2)27-14-9-15-28(26(3)4)38(27)44-33-18-11-17-32(37(33)41-40(44)31-13-5-7-20-35(31)45)42-22-23-43(24-42)34-19-10-16-30-29-12-6-8-21-36(29)46-39(30)34;/h5-18,20-26,45H,1-4H3;/q-2;+2/i1D3,2D3,3D3,4D3,25D,26D;. The Labute approximate surface area is 308 Å². The minimum absolute atomic E-state index is 0. The van der Waals surface area contributed by atoms with Crippen molar-refractivity contribution in [3.63, 3.8) is 0 Å². The van der Waals surface area contributed by atoms with Crippen LogP contribution in [0.4, 0.5) is 11.4 Å². The largest absolute Gasteiger partial charge is 2.00 e. The zero-order chi connectivity index (χ0) is 43.4. The van der Waals surface area contributed by atoms with Crippen LogP contribution in [0.3, 0.4) is 0 Å². The Kier molecular flexibility index (Phi) is 4.76. The van der Waals surface area contributed by atoms with E-state index in [-0.39, 0.29) is 49.2 Å². The maximum Gasteiger partial charge on any atom is 2.00 e. The molecule has 236 valence electrons. The number of phenolic OH excluding ortho intramolecular Hbond substituents is 1. The van der Waals surface area contributed by atoms with Crippen LogP contribution in [0, 0.1) is 12.7 Å². The molecule has 5 aromatic carbocycles. The fraction of sp³-hybridized carbons (Fsp3) is 0.150. The predicted octanol–water partition coefficient (Wildman–Crippen LogP) is 10.3. The van der Waals surface area contributed by atoms with Crippen molar-refractivity contribution in [2.75, 3.05) is 9.80 Å². The fourth-order valence-electron chi connectivity index (χ4n) is 6.05. The Morgan fingerprint density at radius 2 is 1.55 bits per heavy atom. The molecule has 0 bridgehead atoms. The Morgan fingerprint density at radius 3 is 2.34 bits per heavy atom. The van der Waals surface area contributed by atoms with Crippen molar-refractivity contribution in [2.24, 2.45) is 0 Å². The molecule has 47 heavy (non-hydrogen) atoms. The number of aromatic hydroxyl groups is 1. The molecule has 1 aliphatic heterocycles. The normalized spacial score (nSPS) is 19.1. The number of phenols is 1. The number of imidazole rings is 1. The van der Waals surface area contributed by atoms with E-state index < -0.39 is 56.0 Å². The third-order valence-corrected chi connectivity index (χ3v) is 8.10. The first-order chi connectivity index (χ1) is 28.0. The molecule has 1 N–H and O–H groups in total. The van der Waals surface area contributed by atoms with Crippen molar-refractivity contribution < 1.29 is 49.8 Å². The number of fused-ring (bicyclic) bond motifs is 4. The van der Waals surface area contributed by atoms with Crippen LogP contribution < -0.4 is 9.80 Å². The molecule has 6 nitrogen and oxygen atoms in total. The summed E-state index contributed by atoms with van der Waals surface area (Å²) in [5.74, 6) is -7.61. The second kappa shape index (κ2) is 12.1. The summed E-state index contributed by atoms with van der Waals surface area (Å²) in [4.78, 5) is 8.37. The third kappa shape index (κ3) is 5.03. The van der Waals surface area contributed by atoms with E-state index in [9.17, 15) is 7.85 Å². The summed E-state index contributed by atoms with van der Waals surface area (Å²) < 4.78 is 127. The maximum atomic E-state index is 11.3. The molecule has 3 heterocycles. The molecule has 0 atom stereocenters. The van der Waals surface area contributed by atoms with Gasteiger partial charge in [0.15, 0.2) is 0 Å². The molecule has 7 aromatic rings. The molecule has 1 aliphatic rings. The van der Waals surface area contributed by atoms with E-state index in [0.717, 1.165) is 33.5 Å². The summed E-state index contributed by atoms with van der Waals surface area (Å²) in [7, 11) is 0. The van der Waals surface area contributed by atoms with Crippen LogP contribution in [0.5, 0.6) is 5.75 Å². The summed E-state index contributed by atoms with van der Waals surface area (Å²) in [6.45, 7) is -12.8. The number of furan rings is 1. The number of para-hydroxylation sites is 4. The number of hydrogen-bond donors (Lipinski definition) is 1. The van der Waals surface area contributed by atoms with E-state index in [1.54, 1.807) is 53.1 Å². The molecule has 0 amide bonds. The summed E-state index contributed by atoms with van der Waals surface area (Å²) in [5, 5.41) is 13.1. The van der Waals surface area contributed by atoms with Gasteiger partial charge >= 0.3 is 21.1 Å². The van der Waals surface area contributed by atoms with Crippen molar-refractivity contribution >= 4 is 44.3 Å². The van der Waals surface area contributed by atoms with Crippen LogP contribution in [-0.4, -0.2) is 14.7 Å². The fourth-order valence-corrected chi connectivity index (χ4v) is 6.05. The Balaban J connectivity index is 0.00000561. The van der Waals surface area contributed by atoms with E-state index in [1.807, 2.05) is 30.3 Å². The second-order valence-electron chi connectivity index (χ2n) is 10.8. The smallest absolute Gasteiger partial charge is 0.514 e. The van der Waals surface area contributed by atoms with Gasteiger partial charge in [-0.25, -0.2) is 4.98 Å². The van der Waals surface area contributed by atoms with Gasteiger partial charge in [-0.3, -0.25) is 4.57 Å². The van der Waals surface area contributed by atoms with Gasteiger partial charge in [0, 0.05) is 35.8 Å². The predicted molar refractivity (Wildman–Crippen MR) is 187 cm³/mol. The van der Waals surface area contributed by atoms with Gasteiger partial charge in [0.2, 0.25) is 0 Å². The van der Waals surface area contributed by atoms with Gasteiger partial charge in [-0.1, -0.05) is 93.1 Å². The first-order valence-electron chi connectivity index (χ1n) is 21.4. The minimum Gasteiger partial charge on any atom is -0.514 e. The van der Waals surface area contributed by atoms with Gasteiger partial charge in [-0.15, -0.1) is 6.67 Å². The van der Waals surface area contributed by atoms with Gasteiger partial charge in [0.1, 0.15) is 22.7 Å². The topological polar surface area (TPSA) is 57.7 Å². The third-order valence-electron chi connectivity index (χ3n) is 8.10. The van der Waals surface area contributed by atoms with Crippen LogP contribution in [-0.2, 0) is 21.1 Å². The molecule has 0 aliphatic carbocycles. The zero-order valence-electron chi connectivity index (χ0n) is 38.4. The number of rotatable bonds is 6. The molecule has 8 rings (SSSR count). The van der Waals surface area contributed by atoms with Crippen molar-refractivity contribution in [1.82, 2.24) is 9.55 Å². The molecule has 0 saturated heterocycles. The Bertz CT molecular complexity index is 2760. The van der Waals surface area contributed by atoms with Crippen molar-refractivity contribution in [3.8, 4) is 22.8 Å². The monoisotopic (exact) mass is 811 g/mol. The number of hydrogen-bond acceptors (Lipinski definition) is 5. The summed E-state index contributed by atoms with van der Waals surface area (Å²) in [6.07, 6.45) is 3.45.